The Hall–Kier alpha value is -1.98. The van der Waals surface area contributed by atoms with Crippen LogP contribution < -0.4 is 10.2 Å². The second kappa shape index (κ2) is 11.1. The smallest absolute Gasteiger partial charge is 0.251 e. The van der Waals surface area contributed by atoms with Crippen molar-refractivity contribution in [3.63, 3.8) is 0 Å². The van der Waals surface area contributed by atoms with E-state index < -0.39 is 0 Å². The van der Waals surface area contributed by atoms with Crippen molar-refractivity contribution >= 4 is 23.4 Å². The van der Waals surface area contributed by atoms with Gasteiger partial charge in [-0.3, -0.25) is 4.79 Å². The van der Waals surface area contributed by atoms with Crippen LogP contribution in [0, 0.1) is 0 Å². The van der Waals surface area contributed by atoms with Crippen molar-refractivity contribution in [2.24, 2.45) is 0 Å². The molecule has 1 saturated heterocycles. The monoisotopic (exact) mass is 437 g/mol. The molecule has 0 unspecified atom stereocenters. The van der Waals surface area contributed by atoms with Gasteiger partial charge in [-0.15, -0.1) is 11.8 Å². The third-order valence-electron chi connectivity index (χ3n) is 6.52. The van der Waals surface area contributed by atoms with Crippen LogP contribution in [0.5, 0.6) is 0 Å². The number of anilines is 1. The van der Waals surface area contributed by atoms with Gasteiger partial charge in [0, 0.05) is 48.4 Å². The number of carbonyl (C=O) groups is 1. The molecule has 1 N–H and O–H groups in total. The fourth-order valence-electron chi connectivity index (χ4n) is 4.78. The molecule has 0 spiro atoms. The summed E-state index contributed by atoms with van der Waals surface area (Å²) >= 11 is 1.88. The fourth-order valence-corrected chi connectivity index (χ4v) is 5.82. The molecular weight excluding hydrogens is 402 g/mol. The molecule has 0 aliphatic carbocycles. The van der Waals surface area contributed by atoms with E-state index in [1.165, 1.54) is 48.4 Å². The molecule has 1 amide bonds. The van der Waals surface area contributed by atoms with E-state index in [0.717, 1.165) is 50.0 Å². The molecule has 4 rings (SSSR count). The van der Waals surface area contributed by atoms with Gasteiger partial charge in [0.15, 0.2) is 0 Å². The minimum Gasteiger partial charge on any atom is -0.365 e. The molecule has 0 aromatic heterocycles. The lowest BCUT2D eigenvalue weighted by atomic mass is 10.00. The minimum absolute atomic E-state index is 0.0451. The summed E-state index contributed by atoms with van der Waals surface area (Å²) < 4.78 is 0. The highest BCUT2D eigenvalue weighted by Gasteiger charge is 2.21. The number of amides is 1. The molecule has 0 radical (unpaired) electrons. The lowest BCUT2D eigenvalue weighted by Crippen LogP contribution is -2.40. The zero-order valence-electron chi connectivity index (χ0n) is 18.7. The number of thioether (sulfide) groups is 1. The van der Waals surface area contributed by atoms with E-state index in [4.69, 9.17) is 0 Å². The summed E-state index contributed by atoms with van der Waals surface area (Å²) in [6.07, 6.45) is 6.26. The van der Waals surface area contributed by atoms with E-state index in [-0.39, 0.29) is 5.91 Å². The summed E-state index contributed by atoms with van der Waals surface area (Å²) in [5.74, 6) is 1.13. The summed E-state index contributed by atoms with van der Waals surface area (Å²) in [6.45, 7) is 7.22. The molecular formula is C26H35N3OS. The first-order chi connectivity index (χ1) is 15.2. The number of rotatable bonds is 8. The zero-order chi connectivity index (χ0) is 21.5. The predicted molar refractivity (Wildman–Crippen MR) is 131 cm³/mol. The van der Waals surface area contributed by atoms with Gasteiger partial charge in [-0.2, -0.15) is 0 Å². The van der Waals surface area contributed by atoms with E-state index in [1.807, 2.05) is 17.8 Å². The lowest BCUT2D eigenvalue weighted by molar-refractivity contribution is 0.0947. The van der Waals surface area contributed by atoms with Gasteiger partial charge in [-0.1, -0.05) is 43.7 Å². The first-order valence-electron chi connectivity index (χ1n) is 11.8. The standard InChI is InChI=1S/C26H35N3OS/c1-2-23-11-6-7-15-28(23)16-8-14-27-26(30)22-12-13-25-24(19-22)29(17-18-31-25)20-21-9-4-3-5-10-21/h3-5,9-10,12-13,19,23H,2,6-8,11,14-18,20H2,1H3,(H,27,30)/t23-/m1/s1. The third-order valence-corrected chi connectivity index (χ3v) is 7.57. The van der Waals surface area contributed by atoms with Crippen molar-refractivity contribution in [1.29, 1.82) is 0 Å². The Morgan fingerprint density at radius 2 is 2.00 bits per heavy atom. The Labute approximate surface area is 191 Å². The molecule has 2 aromatic carbocycles. The van der Waals surface area contributed by atoms with Crippen molar-refractivity contribution in [3.8, 4) is 0 Å². The topological polar surface area (TPSA) is 35.6 Å². The predicted octanol–water partition coefficient (Wildman–Crippen LogP) is 5.18. The maximum atomic E-state index is 12.8. The highest BCUT2D eigenvalue weighted by molar-refractivity contribution is 7.99. The Kier molecular flexibility index (Phi) is 7.92. The summed E-state index contributed by atoms with van der Waals surface area (Å²) in [4.78, 5) is 19.1. The van der Waals surface area contributed by atoms with E-state index in [1.54, 1.807) is 0 Å². The summed E-state index contributed by atoms with van der Waals surface area (Å²) in [5.41, 5.74) is 3.26. The van der Waals surface area contributed by atoms with Crippen molar-refractivity contribution < 1.29 is 4.79 Å². The normalized spacial score (nSPS) is 19.1. The van der Waals surface area contributed by atoms with Crippen LogP contribution in [0.3, 0.4) is 0 Å². The van der Waals surface area contributed by atoms with Crippen LogP contribution >= 0.6 is 11.8 Å². The maximum absolute atomic E-state index is 12.8. The largest absolute Gasteiger partial charge is 0.365 e. The Bertz CT molecular complexity index is 857. The van der Waals surface area contributed by atoms with Crippen LogP contribution in [-0.2, 0) is 6.54 Å². The van der Waals surface area contributed by atoms with Crippen LogP contribution in [0.4, 0.5) is 5.69 Å². The van der Waals surface area contributed by atoms with Crippen LogP contribution in [0.1, 0.15) is 54.9 Å². The van der Waals surface area contributed by atoms with Gasteiger partial charge in [-0.05, 0) is 56.0 Å². The molecule has 0 saturated carbocycles. The Balaban J connectivity index is 1.33. The van der Waals surface area contributed by atoms with Gasteiger partial charge in [0.1, 0.15) is 0 Å². The second-order valence-electron chi connectivity index (χ2n) is 8.64. The number of benzene rings is 2. The molecule has 1 atom stereocenters. The molecule has 1 fully saturated rings. The average molecular weight is 438 g/mol. The maximum Gasteiger partial charge on any atom is 0.251 e. The Morgan fingerprint density at radius 1 is 1.13 bits per heavy atom. The molecule has 2 aromatic rings. The van der Waals surface area contributed by atoms with E-state index in [9.17, 15) is 4.79 Å². The number of hydrogen-bond donors (Lipinski definition) is 1. The van der Waals surface area contributed by atoms with Gasteiger partial charge in [0.2, 0.25) is 0 Å². The van der Waals surface area contributed by atoms with Crippen LogP contribution in [0.15, 0.2) is 53.4 Å². The van der Waals surface area contributed by atoms with E-state index >= 15 is 0 Å². The highest BCUT2D eigenvalue weighted by Crippen LogP contribution is 2.36. The lowest BCUT2D eigenvalue weighted by Gasteiger charge is -2.35. The number of likely N-dealkylation sites (tertiary alicyclic amines) is 1. The SMILES string of the molecule is CC[C@@H]1CCCCN1CCCNC(=O)c1ccc2c(c1)N(Cc1ccccc1)CCS2. The van der Waals surface area contributed by atoms with Gasteiger partial charge in [0.05, 0.1) is 5.69 Å². The van der Waals surface area contributed by atoms with Gasteiger partial charge in [-0.25, -0.2) is 0 Å². The fraction of sp³-hybridized carbons (Fsp3) is 0.500. The minimum atomic E-state index is 0.0451. The quantitative estimate of drug-likeness (QED) is 0.577. The van der Waals surface area contributed by atoms with Gasteiger partial charge >= 0.3 is 0 Å². The van der Waals surface area contributed by atoms with Crippen molar-refractivity contribution in [2.75, 3.05) is 36.8 Å². The highest BCUT2D eigenvalue weighted by atomic mass is 32.2. The number of carbonyl (C=O) groups excluding carboxylic acids is 1. The second-order valence-corrected chi connectivity index (χ2v) is 9.78. The van der Waals surface area contributed by atoms with Crippen molar-refractivity contribution in [3.05, 3.63) is 59.7 Å². The Morgan fingerprint density at radius 3 is 2.84 bits per heavy atom. The van der Waals surface area contributed by atoms with Crippen LogP contribution in [0.2, 0.25) is 0 Å². The molecule has 2 aliphatic rings. The van der Waals surface area contributed by atoms with E-state index in [0.29, 0.717) is 0 Å². The first-order valence-corrected chi connectivity index (χ1v) is 12.8. The molecule has 5 heteroatoms. The number of nitrogens with zero attached hydrogens (tertiary/aromatic N) is 2. The van der Waals surface area contributed by atoms with E-state index in [2.05, 4.69) is 64.5 Å². The molecule has 0 bridgehead atoms. The molecule has 166 valence electrons. The molecule has 31 heavy (non-hydrogen) atoms. The average Bonchev–Trinajstić information content (AvgIpc) is 2.82. The summed E-state index contributed by atoms with van der Waals surface area (Å²) in [7, 11) is 0. The number of piperidine rings is 1. The van der Waals surface area contributed by atoms with Crippen molar-refractivity contribution in [2.45, 2.75) is 56.5 Å². The molecule has 4 nitrogen and oxygen atoms in total. The zero-order valence-corrected chi connectivity index (χ0v) is 19.5. The molecule has 2 aliphatic heterocycles. The van der Waals surface area contributed by atoms with Crippen LogP contribution in [0.25, 0.3) is 0 Å². The number of nitrogens with one attached hydrogen (secondary N) is 1. The number of hydrogen-bond acceptors (Lipinski definition) is 4. The number of fused-ring (bicyclic) bond motifs is 1. The van der Waals surface area contributed by atoms with Crippen LogP contribution in [-0.4, -0.2) is 48.8 Å². The summed E-state index contributed by atoms with van der Waals surface area (Å²) in [5, 5.41) is 3.15. The van der Waals surface area contributed by atoms with Gasteiger partial charge < -0.3 is 15.1 Å². The van der Waals surface area contributed by atoms with Gasteiger partial charge in [0.25, 0.3) is 5.91 Å². The first kappa shape index (κ1) is 22.2. The molecule has 2 heterocycles. The third kappa shape index (κ3) is 5.83. The van der Waals surface area contributed by atoms with Crippen molar-refractivity contribution in [1.82, 2.24) is 10.2 Å². The summed E-state index contributed by atoms with van der Waals surface area (Å²) in [6, 6.07) is 17.5.